The van der Waals surface area contributed by atoms with E-state index in [4.69, 9.17) is 0 Å². The lowest BCUT2D eigenvalue weighted by molar-refractivity contribution is 0.467. The highest BCUT2D eigenvalue weighted by atomic mass is 16.3. The van der Waals surface area contributed by atoms with Crippen LogP contribution in [0.2, 0.25) is 0 Å². The zero-order valence-electron chi connectivity index (χ0n) is 9.59. The zero-order valence-corrected chi connectivity index (χ0v) is 9.59. The van der Waals surface area contributed by atoms with Crippen LogP contribution in [-0.4, -0.2) is 20.1 Å². The number of fused-ring (bicyclic) bond motifs is 1. The van der Waals surface area contributed by atoms with E-state index in [-0.39, 0.29) is 5.75 Å². The molecule has 17 heavy (non-hydrogen) atoms. The number of phenols is 1. The van der Waals surface area contributed by atoms with E-state index in [1.54, 1.807) is 6.07 Å². The van der Waals surface area contributed by atoms with Gasteiger partial charge >= 0.3 is 0 Å². The number of rotatable bonds is 1. The Morgan fingerprint density at radius 1 is 1.12 bits per heavy atom. The maximum atomic E-state index is 9.83. The molecule has 4 nitrogen and oxygen atoms in total. The number of aromatic hydroxyl groups is 1. The molecule has 0 bridgehead atoms. The number of phenolic OH excluding ortho intramolecular Hbond substituents is 1. The SMILES string of the molecule is Cc1ccc(O)c(-n2nc3c(n2)CC=CC3)c1. The molecule has 0 saturated heterocycles. The number of aromatic nitrogens is 3. The summed E-state index contributed by atoms with van der Waals surface area (Å²) in [6, 6.07) is 5.42. The minimum Gasteiger partial charge on any atom is -0.506 e. The van der Waals surface area contributed by atoms with Crippen molar-refractivity contribution in [3.05, 3.63) is 47.3 Å². The Balaban J connectivity index is 2.09. The van der Waals surface area contributed by atoms with Crippen molar-refractivity contribution in [2.75, 3.05) is 0 Å². The summed E-state index contributed by atoms with van der Waals surface area (Å²) in [5, 5.41) is 18.7. The molecule has 1 heterocycles. The quantitative estimate of drug-likeness (QED) is 0.757. The van der Waals surface area contributed by atoms with Crippen molar-refractivity contribution >= 4 is 0 Å². The maximum Gasteiger partial charge on any atom is 0.143 e. The van der Waals surface area contributed by atoms with Gasteiger partial charge < -0.3 is 5.11 Å². The first kappa shape index (κ1) is 10.1. The summed E-state index contributed by atoms with van der Waals surface area (Å²) in [6.45, 7) is 1.98. The molecule has 86 valence electrons. The normalized spacial score (nSPS) is 13.7. The highest BCUT2D eigenvalue weighted by Gasteiger charge is 2.14. The summed E-state index contributed by atoms with van der Waals surface area (Å²) in [6.07, 6.45) is 5.83. The average molecular weight is 227 g/mol. The molecule has 0 radical (unpaired) electrons. The Hall–Kier alpha value is -2.10. The van der Waals surface area contributed by atoms with Gasteiger partial charge in [0.1, 0.15) is 11.4 Å². The van der Waals surface area contributed by atoms with Gasteiger partial charge in [0.15, 0.2) is 0 Å². The van der Waals surface area contributed by atoms with E-state index in [9.17, 15) is 5.11 Å². The number of hydrogen-bond donors (Lipinski definition) is 1. The van der Waals surface area contributed by atoms with Gasteiger partial charge in [0, 0.05) is 12.8 Å². The topological polar surface area (TPSA) is 50.9 Å². The standard InChI is InChI=1S/C13H13N3O/c1-9-6-7-13(17)12(8-9)16-14-10-4-2-3-5-11(10)15-16/h2-3,6-8,17H,4-5H2,1H3. The van der Waals surface area contributed by atoms with Crippen LogP contribution in [0.1, 0.15) is 17.0 Å². The highest BCUT2D eigenvalue weighted by Crippen LogP contribution is 2.23. The molecule has 1 aromatic heterocycles. The third-order valence-corrected chi connectivity index (χ3v) is 2.90. The molecule has 0 saturated carbocycles. The molecular formula is C13H13N3O. The lowest BCUT2D eigenvalue weighted by Gasteiger charge is -2.03. The predicted molar refractivity (Wildman–Crippen MR) is 64.3 cm³/mol. The smallest absolute Gasteiger partial charge is 0.143 e. The fourth-order valence-corrected chi connectivity index (χ4v) is 1.98. The monoisotopic (exact) mass is 227 g/mol. The fourth-order valence-electron chi connectivity index (χ4n) is 1.98. The van der Waals surface area contributed by atoms with E-state index in [2.05, 4.69) is 22.3 Å². The second-order valence-electron chi connectivity index (χ2n) is 4.25. The summed E-state index contributed by atoms with van der Waals surface area (Å²) >= 11 is 0. The van der Waals surface area contributed by atoms with Crippen molar-refractivity contribution in [3.8, 4) is 11.4 Å². The molecule has 2 aromatic rings. The van der Waals surface area contributed by atoms with E-state index in [1.807, 2.05) is 19.1 Å². The van der Waals surface area contributed by atoms with E-state index < -0.39 is 0 Å². The van der Waals surface area contributed by atoms with Crippen molar-refractivity contribution < 1.29 is 5.11 Å². The molecule has 1 aliphatic carbocycles. The van der Waals surface area contributed by atoms with Gasteiger partial charge in [-0.3, -0.25) is 0 Å². The molecule has 0 aliphatic heterocycles. The Labute approximate surface area is 99.2 Å². The Bertz CT molecular complexity index is 573. The van der Waals surface area contributed by atoms with E-state index in [0.29, 0.717) is 5.69 Å². The van der Waals surface area contributed by atoms with Gasteiger partial charge in [0.2, 0.25) is 0 Å². The van der Waals surface area contributed by atoms with Crippen LogP contribution in [0.3, 0.4) is 0 Å². The molecule has 1 aromatic carbocycles. The predicted octanol–water partition coefficient (Wildman–Crippen LogP) is 1.94. The molecule has 0 fully saturated rings. The molecule has 0 atom stereocenters. The fraction of sp³-hybridized carbons (Fsp3) is 0.231. The molecule has 1 N–H and O–H groups in total. The second kappa shape index (κ2) is 3.73. The maximum absolute atomic E-state index is 9.83. The van der Waals surface area contributed by atoms with Crippen molar-refractivity contribution in [2.45, 2.75) is 19.8 Å². The van der Waals surface area contributed by atoms with Gasteiger partial charge in [-0.15, -0.1) is 4.80 Å². The summed E-state index contributed by atoms with van der Waals surface area (Å²) in [5.74, 6) is 0.205. The molecule has 4 heteroatoms. The summed E-state index contributed by atoms with van der Waals surface area (Å²) in [4.78, 5) is 1.53. The summed E-state index contributed by atoms with van der Waals surface area (Å²) < 4.78 is 0. The van der Waals surface area contributed by atoms with Crippen molar-refractivity contribution in [1.29, 1.82) is 0 Å². The van der Waals surface area contributed by atoms with Gasteiger partial charge in [-0.25, -0.2) is 0 Å². The largest absolute Gasteiger partial charge is 0.506 e. The van der Waals surface area contributed by atoms with Gasteiger partial charge in [0.25, 0.3) is 0 Å². The van der Waals surface area contributed by atoms with Crippen LogP contribution in [0.15, 0.2) is 30.4 Å². The number of hydrogen-bond acceptors (Lipinski definition) is 3. The minimum atomic E-state index is 0.205. The number of allylic oxidation sites excluding steroid dienone is 2. The molecule has 0 amide bonds. The third-order valence-electron chi connectivity index (χ3n) is 2.90. The second-order valence-corrected chi connectivity index (χ2v) is 4.25. The Morgan fingerprint density at radius 3 is 2.41 bits per heavy atom. The van der Waals surface area contributed by atoms with Crippen LogP contribution < -0.4 is 0 Å². The van der Waals surface area contributed by atoms with Crippen molar-refractivity contribution in [1.82, 2.24) is 15.0 Å². The minimum absolute atomic E-state index is 0.205. The lowest BCUT2D eigenvalue weighted by atomic mass is 10.1. The molecule has 1 aliphatic rings. The lowest BCUT2D eigenvalue weighted by Crippen LogP contribution is -2.00. The number of nitrogens with zero attached hydrogens (tertiary/aromatic N) is 3. The van der Waals surface area contributed by atoms with Crippen LogP contribution in [0.25, 0.3) is 5.69 Å². The average Bonchev–Trinajstić information content (AvgIpc) is 2.75. The van der Waals surface area contributed by atoms with Gasteiger partial charge in [-0.2, -0.15) is 10.2 Å². The first-order valence-electron chi connectivity index (χ1n) is 5.64. The summed E-state index contributed by atoms with van der Waals surface area (Å²) in [5.41, 5.74) is 3.70. The molecule has 3 rings (SSSR count). The number of aryl methyl sites for hydroxylation is 1. The van der Waals surface area contributed by atoms with E-state index in [0.717, 1.165) is 29.8 Å². The van der Waals surface area contributed by atoms with Crippen molar-refractivity contribution in [2.24, 2.45) is 0 Å². The molecule has 0 spiro atoms. The molecule has 0 unspecified atom stereocenters. The van der Waals surface area contributed by atoms with Gasteiger partial charge in [-0.05, 0) is 24.6 Å². The van der Waals surface area contributed by atoms with E-state index in [1.165, 1.54) is 4.80 Å². The third kappa shape index (κ3) is 1.71. The van der Waals surface area contributed by atoms with Gasteiger partial charge in [-0.1, -0.05) is 18.2 Å². The van der Waals surface area contributed by atoms with Crippen LogP contribution in [0, 0.1) is 6.92 Å². The van der Waals surface area contributed by atoms with Gasteiger partial charge in [0.05, 0.1) is 11.4 Å². The highest BCUT2D eigenvalue weighted by molar-refractivity contribution is 5.46. The first-order valence-corrected chi connectivity index (χ1v) is 5.64. The van der Waals surface area contributed by atoms with Crippen LogP contribution in [-0.2, 0) is 12.8 Å². The Kier molecular flexibility index (Phi) is 2.21. The van der Waals surface area contributed by atoms with Crippen molar-refractivity contribution in [3.63, 3.8) is 0 Å². The van der Waals surface area contributed by atoms with Crippen LogP contribution in [0.4, 0.5) is 0 Å². The first-order chi connectivity index (χ1) is 8.24. The molecular weight excluding hydrogens is 214 g/mol. The van der Waals surface area contributed by atoms with Crippen LogP contribution >= 0.6 is 0 Å². The number of benzene rings is 1. The summed E-state index contributed by atoms with van der Waals surface area (Å²) in [7, 11) is 0. The van der Waals surface area contributed by atoms with E-state index >= 15 is 0 Å². The van der Waals surface area contributed by atoms with Crippen LogP contribution in [0.5, 0.6) is 5.75 Å². The zero-order chi connectivity index (χ0) is 11.8. The Morgan fingerprint density at radius 2 is 1.76 bits per heavy atom.